The molecular weight excluding hydrogens is 559 g/mol. The van der Waals surface area contributed by atoms with Crippen LogP contribution in [0.2, 0.25) is 0 Å². The normalized spacial score (nSPS) is 17.6. The lowest BCUT2D eigenvalue weighted by Gasteiger charge is -2.22. The molecule has 8 nitrogen and oxygen atoms in total. The van der Waals surface area contributed by atoms with Gasteiger partial charge in [0.1, 0.15) is 34.5 Å². The van der Waals surface area contributed by atoms with Crippen LogP contribution in [0.4, 0.5) is 17.1 Å². The summed E-state index contributed by atoms with van der Waals surface area (Å²) >= 11 is 0. The van der Waals surface area contributed by atoms with Gasteiger partial charge in [0.25, 0.3) is 0 Å². The van der Waals surface area contributed by atoms with Crippen molar-refractivity contribution in [2.45, 2.75) is 52.1 Å². The number of rotatable bonds is 7. The zero-order valence-corrected chi connectivity index (χ0v) is 24.5. The van der Waals surface area contributed by atoms with Crippen molar-refractivity contribution in [3.63, 3.8) is 0 Å². The van der Waals surface area contributed by atoms with Gasteiger partial charge in [-0.1, -0.05) is 30.3 Å². The largest absolute Gasteiger partial charge is 0.481 e. The van der Waals surface area contributed by atoms with Gasteiger partial charge in [-0.2, -0.15) is 0 Å². The molecule has 0 amide bonds. The summed E-state index contributed by atoms with van der Waals surface area (Å²) in [5.41, 5.74) is 17.9. The van der Waals surface area contributed by atoms with Crippen molar-refractivity contribution in [2.75, 3.05) is 5.32 Å². The molecule has 0 spiro atoms. The van der Waals surface area contributed by atoms with E-state index in [0.29, 0.717) is 11.7 Å². The van der Waals surface area contributed by atoms with E-state index in [-0.39, 0.29) is 55.5 Å². The molecule has 0 bridgehead atoms. The van der Waals surface area contributed by atoms with Crippen molar-refractivity contribution in [2.24, 2.45) is 21.5 Å². The first-order valence-electron chi connectivity index (χ1n) is 12.2. The first kappa shape index (κ1) is 32.0. The Morgan fingerprint density at radius 3 is 1.97 bits per heavy atom. The monoisotopic (exact) mass is 592 g/mol. The highest BCUT2D eigenvalue weighted by Gasteiger charge is 2.19. The Hall–Kier alpha value is -3.17. The number of amidine groups is 2. The maximum atomic E-state index is 5.95. The molecule has 2 heterocycles. The molecule has 3 aromatic carbocycles. The zero-order chi connectivity index (χ0) is 25.2. The molecule has 2 aliphatic heterocycles. The Bertz CT molecular complexity index is 1350. The van der Waals surface area contributed by atoms with E-state index in [1.54, 1.807) is 0 Å². The number of ether oxygens (including phenoxy) is 2. The molecule has 3 unspecified atom stereocenters. The van der Waals surface area contributed by atoms with E-state index >= 15 is 0 Å². The Morgan fingerprint density at radius 1 is 0.769 bits per heavy atom. The maximum absolute atomic E-state index is 5.95. The summed E-state index contributed by atoms with van der Waals surface area (Å²) in [6.07, 6.45) is -0.396. The first-order chi connectivity index (χ1) is 17.4. The summed E-state index contributed by atoms with van der Waals surface area (Å²) in [5, 5.41) is 7.08. The van der Waals surface area contributed by atoms with Crippen LogP contribution in [0.3, 0.4) is 0 Å². The summed E-state index contributed by atoms with van der Waals surface area (Å²) < 4.78 is 11.6. The van der Waals surface area contributed by atoms with Crippen LogP contribution in [0, 0.1) is 0 Å². The highest BCUT2D eigenvalue weighted by molar-refractivity contribution is 5.90. The van der Waals surface area contributed by atoms with Crippen molar-refractivity contribution < 1.29 is 9.47 Å². The smallest absolute Gasteiger partial charge is 0.153 e. The number of nitrogens with two attached hydrogens (primary N) is 2. The number of benzene rings is 3. The third kappa shape index (κ3) is 7.48. The molecule has 2 aliphatic rings. The second-order valence-corrected chi connectivity index (χ2v) is 9.29. The van der Waals surface area contributed by atoms with Crippen LogP contribution in [0.25, 0.3) is 0 Å². The van der Waals surface area contributed by atoms with Gasteiger partial charge >= 0.3 is 0 Å². The summed E-state index contributed by atoms with van der Waals surface area (Å²) in [4.78, 5) is 8.94. The summed E-state index contributed by atoms with van der Waals surface area (Å²) in [6.45, 7) is 7.40. The number of anilines is 1. The second-order valence-electron chi connectivity index (χ2n) is 9.29. The van der Waals surface area contributed by atoms with E-state index in [1.807, 2.05) is 44.2 Å². The first-order valence-corrected chi connectivity index (χ1v) is 12.2. The van der Waals surface area contributed by atoms with Gasteiger partial charge in [-0.05, 0) is 67.8 Å². The fourth-order valence-electron chi connectivity index (χ4n) is 4.27. The highest BCUT2D eigenvalue weighted by Crippen LogP contribution is 2.35. The molecule has 6 N–H and O–H groups in total. The maximum Gasteiger partial charge on any atom is 0.153 e. The van der Waals surface area contributed by atoms with Crippen LogP contribution in [-0.4, -0.2) is 23.9 Å². The van der Waals surface area contributed by atoms with Crippen LogP contribution in [-0.2, 0) is 13.1 Å². The minimum Gasteiger partial charge on any atom is -0.481 e. The Labute approximate surface area is 247 Å². The van der Waals surface area contributed by atoms with Crippen molar-refractivity contribution >= 4 is 66.0 Å². The van der Waals surface area contributed by atoms with Gasteiger partial charge in [-0.3, -0.25) is 0 Å². The summed E-state index contributed by atoms with van der Waals surface area (Å²) in [6, 6.07) is 20.6. The fourth-order valence-corrected chi connectivity index (χ4v) is 4.27. The molecule has 0 saturated carbocycles. The topological polar surface area (TPSA) is 119 Å². The number of fused-ring (bicyclic) bond motifs is 2. The van der Waals surface area contributed by atoms with Crippen LogP contribution in [0.5, 0.6) is 11.5 Å². The molecule has 11 heteroatoms. The van der Waals surface area contributed by atoms with E-state index in [2.05, 4.69) is 57.9 Å². The second kappa shape index (κ2) is 13.8. The molecule has 39 heavy (non-hydrogen) atoms. The molecule has 0 radical (unpaired) electrons. The predicted octanol–water partition coefficient (Wildman–Crippen LogP) is 5.95. The van der Waals surface area contributed by atoms with Gasteiger partial charge in [0.2, 0.25) is 0 Å². The molecule has 0 fully saturated rings. The quantitative estimate of drug-likeness (QED) is 0.269. The van der Waals surface area contributed by atoms with E-state index in [9.17, 15) is 0 Å². The number of nitrogens with one attached hydrogen (secondary N) is 2. The number of hydrogen-bond donors (Lipinski definition) is 4. The van der Waals surface area contributed by atoms with Gasteiger partial charge in [-0.15, -0.1) is 37.2 Å². The third-order valence-electron chi connectivity index (χ3n) is 6.41. The molecule has 0 aromatic heterocycles. The minimum atomic E-state index is -0.205. The summed E-state index contributed by atoms with van der Waals surface area (Å²) in [7, 11) is 0. The SMILES string of the molecule is CC1Oc2ccc(CNCc3cccc(C(C)Nc4ccc5c(c4)N=C(N)C(C)O5)c3)cc2N=C1N.Cl.Cl.Cl. The van der Waals surface area contributed by atoms with Crippen molar-refractivity contribution in [3.8, 4) is 11.5 Å². The number of nitrogens with zero attached hydrogens (tertiary/aromatic N) is 2. The molecular formula is C28H35Cl3N6O2. The number of halogens is 3. The van der Waals surface area contributed by atoms with E-state index in [4.69, 9.17) is 20.9 Å². The van der Waals surface area contributed by atoms with Crippen molar-refractivity contribution in [1.82, 2.24) is 5.32 Å². The highest BCUT2D eigenvalue weighted by atomic mass is 35.5. The number of aliphatic imine (C=N–C) groups is 2. The van der Waals surface area contributed by atoms with Gasteiger partial charge in [0, 0.05) is 24.8 Å². The Kier molecular flexibility index (Phi) is 11.3. The standard InChI is InChI=1S/C28H32N6O2.3ClH/c1-16(32-22-8-10-26-24(13-22)34-28(30)18(3)36-26)21-6-4-5-19(11-21)14-31-15-20-7-9-25-23(12-20)33-27(29)17(2)35-25;;;/h4-13,16-18,31-32H,14-15H2,1-3H3,(H2,29,33)(H2,30,34);3*1H. The van der Waals surface area contributed by atoms with Crippen molar-refractivity contribution in [1.29, 1.82) is 0 Å². The van der Waals surface area contributed by atoms with Gasteiger partial charge in [-0.25, -0.2) is 9.98 Å². The lowest BCUT2D eigenvalue weighted by molar-refractivity contribution is 0.281. The van der Waals surface area contributed by atoms with Crippen LogP contribution in [0.1, 0.15) is 43.5 Å². The van der Waals surface area contributed by atoms with E-state index in [1.165, 1.54) is 11.1 Å². The van der Waals surface area contributed by atoms with Crippen molar-refractivity contribution in [3.05, 3.63) is 77.4 Å². The lowest BCUT2D eigenvalue weighted by Crippen LogP contribution is -2.33. The number of hydrogen-bond acceptors (Lipinski definition) is 8. The minimum absolute atomic E-state index is 0. The third-order valence-corrected chi connectivity index (χ3v) is 6.41. The Morgan fingerprint density at radius 2 is 1.33 bits per heavy atom. The lowest BCUT2D eigenvalue weighted by atomic mass is 10.0. The average Bonchev–Trinajstić information content (AvgIpc) is 2.86. The van der Waals surface area contributed by atoms with E-state index in [0.717, 1.165) is 47.2 Å². The van der Waals surface area contributed by atoms with Crippen LogP contribution >= 0.6 is 37.2 Å². The fraction of sp³-hybridized carbons (Fsp3) is 0.286. The molecule has 210 valence electrons. The molecule has 3 atom stereocenters. The van der Waals surface area contributed by atoms with E-state index < -0.39 is 0 Å². The molecule has 0 saturated heterocycles. The molecule has 3 aromatic rings. The zero-order valence-electron chi connectivity index (χ0n) is 22.0. The Balaban J connectivity index is 0.00000178. The molecule has 0 aliphatic carbocycles. The predicted molar refractivity (Wildman–Crippen MR) is 166 cm³/mol. The van der Waals surface area contributed by atoms with Gasteiger partial charge < -0.3 is 31.6 Å². The van der Waals surface area contributed by atoms with Gasteiger partial charge in [0.05, 0.1) is 0 Å². The van der Waals surface area contributed by atoms with Gasteiger partial charge in [0.15, 0.2) is 12.2 Å². The van der Waals surface area contributed by atoms with Crippen LogP contribution < -0.4 is 31.6 Å². The van der Waals surface area contributed by atoms with Crippen LogP contribution in [0.15, 0.2) is 70.6 Å². The summed E-state index contributed by atoms with van der Waals surface area (Å²) in [5.74, 6) is 2.51. The molecule has 5 rings (SSSR count). The average molecular weight is 594 g/mol.